The van der Waals surface area contributed by atoms with Crippen molar-refractivity contribution in [3.63, 3.8) is 0 Å². The summed E-state index contributed by atoms with van der Waals surface area (Å²) in [6.45, 7) is 9.79. The second-order valence-electron chi connectivity index (χ2n) is 6.52. The minimum absolute atomic E-state index is 0.0312. The van der Waals surface area contributed by atoms with Crippen molar-refractivity contribution in [3.05, 3.63) is 35.4 Å². The van der Waals surface area contributed by atoms with Gasteiger partial charge < -0.3 is 10.4 Å². The van der Waals surface area contributed by atoms with Gasteiger partial charge in [-0.05, 0) is 57.2 Å². The highest BCUT2D eigenvalue weighted by atomic mass is 16.3. The molecule has 3 heteroatoms. The lowest BCUT2D eigenvalue weighted by molar-refractivity contribution is 0.0714. The monoisotopic (exact) mass is 277 g/mol. The average molecular weight is 277 g/mol. The third kappa shape index (κ3) is 5.74. The summed E-state index contributed by atoms with van der Waals surface area (Å²) >= 11 is 0. The van der Waals surface area contributed by atoms with Crippen LogP contribution in [0, 0.1) is 5.92 Å². The standard InChI is InChI=1S/C17H27NO2/c1-12(2)13(3)18-16(19)15-8-6-7-14(11-15)9-10-17(4,5)20/h6-8,11-13,20H,9-10H2,1-5H3,(H,18,19). The van der Waals surface area contributed by atoms with E-state index < -0.39 is 5.60 Å². The van der Waals surface area contributed by atoms with Crippen LogP contribution < -0.4 is 5.32 Å². The van der Waals surface area contributed by atoms with Gasteiger partial charge in [-0.25, -0.2) is 0 Å². The maximum absolute atomic E-state index is 12.2. The van der Waals surface area contributed by atoms with Gasteiger partial charge in [-0.3, -0.25) is 4.79 Å². The molecule has 1 aromatic rings. The molecule has 0 bridgehead atoms. The van der Waals surface area contributed by atoms with E-state index in [0.29, 0.717) is 17.9 Å². The molecular formula is C17H27NO2. The zero-order valence-corrected chi connectivity index (χ0v) is 13.2. The van der Waals surface area contributed by atoms with Gasteiger partial charge >= 0.3 is 0 Å². The molecular weight excluding hydrogens is 250 g/mol. The lowest BCUT2D eigenvalue weighted by Crippen LogP contribution is -2.36. The molecule has 3 nitrogen and oxygen atoms in total. The third-order valence-electron chi connectivity index (χ3n) is 3.57. The van der Waals surface area contributed by atoms with Crippen LogP contribution in [0.5, 0.6) is 0 Å². The van der Waals surface area contributed by atoms with Gasteiger partial charge in [0.15, 0.2) is 0 Å². The Hall–Kier alpha value is -1.35. The molecule has 20 heavy (non-hydrogen) atoms. The van der Waals surface area contributed by atoms with Gasteiger partial charge in [0, 0.05) is 11.6 Å². The van der Waals surface area contributed by atoms with E-state index in [1.54, 1.807) is 13.8 Å². The van der Waals surface area contributed by atoms with Crippen molar-refractivity contribution < 1.29 is 9.90 Å². The zero-order valence-electron chi connectivity index (χ0n) is 13.2. The Morgan fingerprint density at radius 2 is 1.95 bits per heavy atom. The number of aliphatic hydroxyl groups is 1. The van der Waals surface area contributed by atoms with Crippen LogP contribution in [0.4, 0.5) is 0 Å². The van der Waals surface area contributed by atoms with Gasteiger partial charge in [-0.15, -0.1) is 0 Å². The number of hydrogen-bond acceptors (Lipinski definition) is 2. The van der Waals surface area contributed by atoms with Crippen LogP contribution in [0.2, 0.25) is 0 Å². The molecule has 0 saturated carbocycles. The summed E-state index contributed by atoms with van der Waals surface area (Å²) in [4.78, 5) is 12.2. The fourth-order valence-electron chi connectivity index (χ4n) is 1.78. The summed E-state index contributed by atoms with van der Waals surface area (Å²) < 4.78 is 0. The molecule has 0 aliphatic carbocycles. The maximum atomic E-state index is 12.2. The second-order valence-corrected chi connectivity index (χ2v) is 6.52. The van der Waals surface area contributed by atoms with Gasteiger partial charge in [0.05, 0.1) is 5.60 Å². The zero-order chi connectivity index (χ0) is 15.3. The van der Waals surface area contributed by atoms with E-state index in [9.17, 15) is 9.90 Å². The Labute approximate surface area is 122 Å². The van der Waals surface area contributed by atoms with Crippen LogP contribution in [0.15, 0.2) is 24.3 Å². The molecule has 0 aromatic heterocycles. The van der Waals surface area contributed by atoms with Crippen LogP contribution in [-0.2, 0) is 6.42 Å². The Balaban J connectivity index is 2.70. The van der Waals surface area contributed by atoms with E-state index in [1.165, 1.54) is 0 Å². The molecule has 1 unspecified atom stereocenters. The largest absolute Gasteiger partial charge is 0.390 e. The van der Waals surface area contributed by atoms with Crippen molar-refractivity contribution in [1.82, 2.24) is 5.32 Å². The SMILES string of the molecule is CC(C)C(C)NC(=O)c1cccc(CCC(C)(C)O)c1. The highest BCUT2D eigenvalue weighted by molar-refractivity contribution is 5.94. The first-order chi connectivity index (χ1) is 9.19. The van der Waals surface area contributed by atoms with Crippen LogP contribution in [-0.4, -0.2) is 22.7 Å². The average Bonchev–Trinajstić information content (AvgIpc) is 2.35. The Kier molecular flexibility index (Phi) is 5.75. The van der Waals surface area contributed by atoms with E-state index >= 15 is 0 Å². The van der Waals surface area contributed by atoms with Gasteiger partial charge in [0.1, 0.15) is 0 Å². The lowest BCUT2D eigenvalue weighted by atomic mass is 9.97. The highest BCUT2D eigenvalue weighted by Gasteiger charge is 2.14. The molecule has 0 aliphatic heterocycles. The minimum atomic E-state index is -0.676. The molecule has 1 aromatic carbocycles. The summed E-state index contributed by atoms with van der Waals surface area (Å²) in [5.74, 6) is 0.383. The number of benzene rings is 1. The number of rotatable bonds is 6. The summed E-state index contributed by atoms with van der Waals surface area (Å²) in [7, 11) is 0. The molecule has 2 N–H and O–H groups in total. The fourth-order valence-corrected chi connectivity index (χ4v) is 1.78. The summed E-state index contributed by atoms with van der Waals surface area (Å²) in [6.07, 6.45) is 1.45. The second kappa shape index (κ2) is 6.89. The normalized spacial score (nSPS) is 13.3. The molecule has 112 valence electrons. The number of aryl methyl sites for hydroxylation is 1. The predicted molar refractivity (Wildman–Crippen MR) is 82.8 cm³/mol. The maximum Gasteiger partial charge on any atom is 0.251 e. The molecule has 0 aliphatic rings. The van der Waals surface area contributed by atoms with Gasteiger partial charge in [-0.2, -0.15) is 0 Å². The van der Waals surface area contributed by atoms with Gasteiger partial charge in [-0.1, -0.05) is 26.0 Å². The van der Waals surface area contributed by atoms with Crippen molar-refractivity contribution >= 4 is 5.91 Å². The van der Waals surface area contributed by atoms with E-state index in [0.717, 1.165) is 12.0 Å². The molecule has 0 heterocycles. The van der Waals surface area contributed by atoms with Crippen molar-refractivity contribution in [2.45, 2.75) is 59.1 Å². The molecule has 1 atom stereocenters. The first-order valence-electron chi connectivity index (χ1n) is 7.31. The number of carbonyl (C=O) groups excluding carboxylic acids is 1. The Morgan fingerprint density at radius 3 is 2.50 bits per heavy atom. The number of nitrogens with one attached hydrogen (secondary N) is 1. The summed E-state index contributed by atoms with van der Waals surface area (Å²) in [5.41, 5.74) is 1.09. The van der Waals surface area contributed by atoms with E-state index in [-0.39, 0.29) is 11.9 Å². The number of carbonyl (C=O) groups is 1. The molecule has 1 amide bonds. The van der Waals surface area contributed by atoms with Crippen LogP contribution in [0.3, 0.4) is 0 Å². The first-order valence-corrected chi connectivity index (χ1v) is 7.31. The topological polar surface area (TPSA) is 49.3 Å². The van der Waals surface area contributed by atoms with Crippen molar-refractivity contribution in [2.75, 3.05) is 0 Å². The van der Waals surface area contributed by atoms with Gasteiger partial charge in [0.25, 0.3) is 5.91 Å². The van der Waals surface area contributed by atoms with Crippen molar-refractivity contribution in [3.8, 4) is 0 Å². The molecule has 0 saturated heterocycles. The van der Waals surface area contributed by atoms with E-state index in [2.05, 4.69) is 19.2 Å². The predicted octanol–water partition coefficient (Wildman–Crippen LogP) is 3.16. The molecule has 1 rings (SSSR count). The van der Waals surface area contributed by atoms with Crippen molar-refractivity contribution in [1.29, 1.82) is 0 Å². The number of hydrogen-bond donors (Lipinski definition) is 2. The van der Waals surface area contributed by atoms with E-state index in [4.69, 9.17) is 0 Å². The lowest BCUT2D eigenvalue weighted by Gasteiger charge is -2.18. The van der Waals surface area contributed by atoms with Crippen LogP contribution in [0.25, 0.3) is 0 Å². The van der Waals surface area contributed by atoms with Crippen LogP contribution >= 0.6 is 0 Å². The smallest absolute Gasteiger partial charge is 0.251 e. The Morgan fingerprint density at radius 1 is 1.30 bits per heavy atom. The Bertz CT molecular complexity index is 447. The highest BCUT2D eigenvalue weighted by Crippen LogP contribution is 2.14. The first kappa shape index (κ1) is 16.7. The van der Waals surface area contributed by atoms with Crippen molar-refractivity contribution in [2.24, 2.45) is 5.92 Å². The van der Waals surface area contributed by atoms with Crippen LogP contribution in [0.1, 0.15) is 57.0 Å². The molecule has 0 spiro atoms. The summed E-state index contributed by atoms with van der Waals surface area (Å²) in [5, 5.41) is 12.8. The fraction of sp³-hybridized carbons (Fsp3) is 0.588. The van der Waals surface area contributed by atoms with Gasteiger partial charge in [0.2, 0.25) is 0 Å². The van der Waals surface area contributed by atoms with E-state index in [1.807, 2.05) is 31.2 Å². The minimum Gasteiger partial charge on any atom is -0.390 e. The third-order valence-corrected chi connectivity index (χ3v) is 3.57. The quantitative estimate of drug-likeness (QED) is 0.839. The summed E-state index contributed by atoms with van der Waals surface area (Å²) in [6, 6.07) is 7.79. The molecule has 0 fully saturated rings. The molecule has 0 radical (unpaired) electrons. The number of amides is 1.